The van der Waals surface area contributed by atoms with Crippen LogP contribution in [0.2, 0.25) is 0 Å². The summed E-state index contributed by atoms with van der Waals surface area (Å²) in [4.78, 5) is 11.9. The van der Waals surface area contributed by atoms with Crippen LogP contribution in [0.25, 0.3) is 0 Å². The van der Waals surface area contributed by atoms with Gasteiger partial charge in [-0.15, -0.1) is 0 Å². The van der Waals surface area contributed by atoms with Gasteiger partial charge in [0.25, 0.3) is 0 Å². The Balaban J connectivity index is 2.65. The second kappa shape index (κ2) is 8.60. The minimum atomic E-state index is -3.43. The molecule has 0 fully saturated rings. The number of nitrogens with one attached hydrogen (secondary N) is 2. The number of hydrogen-bond donors (Lipinski definition) is 2. The highest BCUT2D eigenvalue weighted by molar-refractivity contribution is 7.89. The maximum absolute atomic E-state index is 11.9. The topological polar surface area (TPSA) is 93.7 Å². The van der Waals surface area contributed by atoms with E-state index < -0.39 is 15.9 Å². The number of anilines is 1. The molecule has 1 amide bonds. The van der Waals surface area contributed by atoms with Gasteiger partial charge in [-0.3, -0.25) is 4.79 Å². The van der Waals surface area contributed by atoms with Gasteiger partial charge in [-0.05, 0) is 18.6 Å². The van der Waals surface area contributed by atoms with Gasteiger partial charge in [0.1, 0.15) is 11.5 Å². The van der Waals surface area contributed by atoms with Gasteiger partial charge >= 0.3 is 0 Å². The highest BCUT2D eigenvalue weighted by atomic mass is 32.2. The van der Waals surface area contributed by atoms with Crippen molar-refractivity contribution in [1.29, 1.82) is 0 Å². The fraction of sp³-hybridized carbons (Fsp3) is 0.500. The van der Waals surface area contributed by atoms with Crippen LogP contribution in [0.4, 0.5) is 5.69 Å². The summed E-state index contributed by atoms with van der Waals surface area (Å²) in [6.07, 6.45) is 1.33. The van der Waals surface area contributed by atoms with Gasteiger partial charge in [0.05, 0.1) is 32.2 Å². The van der Waals surface area contributed by atoms with E-state index in [9.17, 15) is 13.2 Å². The minimum Gasteiger partial charge on any atom is -0.497 e. The molecule has 0 saturated heterocycles. The van der Waals surface area contributed by atoms with E-state index in [-0.39, 0.29) is 12.3 Å². The van der Waals surface area contributed by atoms with Crippen molar-refractivity contribution < 1.29 is 22.7 Å². The lowest BCUT2D eigenvalue weighted by Gasteiger charge is -2.12. The first-order valence-corrected chi connectivity index (χ1v) is 8.56. The standard InChI is InChI=1S/C14H22N2O5S/c1-4-5-8-22(18,19)15-10-14(17)16-12-9-11(20-2)6-7-13(12)21-3/h6-7,9,15H,4-5,8,10H2,1-3H3,(H,16,17). The number of hydrogen-bond acceptors (Lipinski definition) is 5. The lowest BCUT2D eigenvalue weighted by atomic mass is 10.2. The van der Waals surface area contributed by atoms with Gasteiger partial charge in [-0.25, -0.2) is 13.1 Å². The van der Waals surface area contributed by atoms with Crippen molar-refractivity contribution in [2.45, 2.75) is 19.8 Å². The van der Waals surface area contributed by atoms with E-state index in [1.54, 1.807) is 18.2 Å². The molecular formula is C14H22N2O5S. The van der Waals surface area contributed by atoms with Crippen molar-refractivity contribution in [1.82, 2.24) is 4.72 Å². The summed E-state index contributed by atoms with van der Waals surface area (Å²) in [6, 6.07) is 4.95. The average Bonchev–Trinajstić information content (AvgIpc) is 2.51. The predicted octanol–water partition coefficient (Wildman–Crippen LogP) is 1.36. The quantitative estimate of drug-likeness (QED) is 0.713. The van der Waals surface area contributed by atoms with Gasteiger partial charge in [-0.1, -0.05) is 13.3 Å². The van der Waals surface area contributed by atoms with Crippen LogP contribution in [-0.4, -0.2) is 40.8 Å². The summed E-state index contributed by atoms with van der Waals surface area (Å²) in [5.74, 6) is 0.549. The van der Waals surface area contributed by atoms with Gasteiger partial charge in [0.2, 0.25) is 15.9 Å². The van der Waals surface area contributed by atoms with Crippen LogP contribution >= 0.6 is 0 Å². The number of carbonyl (C=O) groups excluding carboxylic acids is 1. The zero-order valence-corrected chi connectivity index (χ0v) is 13.8. The van der Waals surface area contributed by atoms with Gasteiger partial charge in [-0.2, -0.15) is 0 Å². The third-order valence-electron chi connectivity index (χ3n) is 2.90. The molecule has 0 radical (unpaired) electrons. The summed E-state index contributed by atoms with van der Waals surface area (Å²) in [5, 5.41) is 2.59. The number of methoxy groups -OCH3 is 2. The van der Waals surface area contributed by atoms with E-state index >= 15 is 0 Å². The van der Waals surface area contributed by atoms with E-state index in [0.717, 1.165) is 6.42 Å². The molecule has 0 heterocycles. The molecular weight excluding hydrogens is 308 g/mol. The van der Waals surface area contributed by atoms with Crippen LogP contribution < -0.4 is 19.5 Å². The largest absolute Gasteiger partial charge is 0.497 e. The Bertz CT molecular complexity index is 601. The fourth-order valence-corrected chi connectivity index (χ4v) is 2.85. The first-order chi connectivity index (χ1) is 10.4. The lowest BCUT2D eigenvalue weighted by molar-refractivity contribution is -0.115. The van der Waals surface area contributed by atoms with Crippen LogP contribution in [-0.2, 0) is 14.8 Å². The van der Waals surface area contributed by atoms with E-state index in [0.29, 0.717) is 23.6 Å². The highest BCUT2D eigenvalue weighted by Gasteiger charge is 2.13. The molecule has 0 aliphatic heterocycles. The molecule has 1 aromatic rings. The Morgan fingerprint density at radius 3 is 2.55 bits per heavy atom. The van der Waals surface area contributed by atoms with Crippen molar-refractivity contribution >= 4 is 21.6 Å². The Morgan fingerprint density at radius 1 is 1.23 bits per heavy atom. The molecule has 0 bridgehead atoms. The third kappa shape index (κ3) is 5.90. The number of sulfonamides is 1. The predicted molar refractivity (Wildman–Crippen MR) is 84.9 cm³/mol. The summed E-state index contributed by atoms with van der Waals surface area (Å²) in [7, 11) is -0.440. The fourth-order valence-electron chi connectivity index (χ4n) is 1.69. The third-order valence-corrected chi connectivity index (χ3v) is 4.31. The number of unbranched alkanes of at least 4 members (excludes halogenated alkanes) is 1. The Hall–Kier alpha value is -1.80. The van der Waals surface area contributed by atoms with E-state index in [1.165, 1.54) is 14.2 Å². The molecule has 124 valence electrons. The van der Waals surface area contributed by atoms with Crippen molar-refractivity contribution in [3.05, 3.63) is 18.2 Å². The van der Waals surface area contributed by atoms with Crippen molar-refractivity contribution in [3.63, 3.8) is 0 Å². The summed E-state index contributed by atoms with van der Waals surface area (Å²) in [5.41, 5.74) is 0.416. The van der Waals surface area contributed by atoms with E-state index in [2.05, 4.69) is 10.0 Å². The molecule has 0 unspecified atom stereocenters. The average molecular weight is 330 g/mol. The zero-order valence-electron chi connectivity index (χ0n) is 13.0. The summed E-state index contributed by atoms with van der Waals surface area (Å²) in [6.45, 7) is 1.57. The molecule has 1 rings (SSSR count). The monoisotopic (exact) mass is 330 g/mol. The van der Waals surface area contributed by atoms with Crippen LogP contribution in [0.3, 0.4) is 0 Å². The first-order valence-electron chi connectivity index (χ1n) is 6.91. The molecule has 0 atom stereocenters. The van der Waals surface area contributed by atoms with Crippen LogP contribution in [0.1, 0.15) is 19.8 Å². The number of rotatable bonds is 9. The minimum absolute atomic E-state index is 0.0132. The van der Waals surface area contributed by atoms with E-state index in [4.69, 9.17) is 9.47 Å². The molecule has 1 aromatic carbocycles. The number of benzene rings is 1. The molecule has 0 aliphatic carbocycles. The van der Waals surface area contributed by atoms with Crippen LogP contribution in [0.5, 0.6) is 11.5 Å². The number of amides is 1. The SMILES string of the molecule is CCCCS(=O)(=O)NCC(=O)Nc1cc(OC)ccc1OC. The molecule has 0 aromatic heterocycles. The van der Waals surface area contributed by atoms with Gasteiger partial charge in [0, 0.05) is 6.07 Å². The Labute approximate surface area is 131 Å². The smallest absolute Gasteiger partial charge is 0.239 e. The molecule has 8 heteroatoms. The lowest BCUT2D eigenvalue weighted by Crippen LogP contribution is -2.34. The molecule has 22 heavy (non-hydrogen) atoms. The maximum Gasteiger partial charge on any atom is 0.239 e. The van der Waals surface area contributed by atoms with Crippen molar-refractivity contribution in [2.24, 2.45) is 0 Å². The Kier molecular flexibility index (Phi) is 7.13. The Morgan fingerprint density at radius 2 is 1.95 bits per heavy atom. The highest BCUT2D eigenvalue weighted by Crippen LogP contribution is 2.28. The zero-order chi connectivity index (χ0) is 16.6. The second-order valence-corrected chi connectivity index (χ2v) is 6.53. The van der Waals surface area contributed by atoms with E-state index in [1.807, 2.05) is 6.92 Å². The van der Waals surface area contributed by atoms with Crippen molar-refractivity contribution in [3.8, 4) is 11.5 Å². The van der Waals surface area contributed by atoms with Crippen LogP contribution in [0.15, 0.2) is 18.2 Å². The molecule has 2 N–H and O–H groups in total. The first kappa shape index (κ1) is 18.2. The summed E-state index contributed by atoms with van der Waals surface area (Å²) < 4.78 is 35.7. The molecule has 0 spiro atoms. The molecule has 7 nitrogen and oxygen atoms in total. The second-order valence-electron chi connectivity index (χ2n) is 4.61. The number of carbonyl (C=O) groups is 1. The van der Waals surface area contributed by atoms with Gasteiger partial charge < -0.3 is 14.8 Å². The maximum atomic E-state index is 11.9. The summed E-state index contributed by atoms with van der Waals surface area (Å²) >= 11 is 0. The molecule has 0 saturated carbocycles. The van der Waals surface area contributed by atoms with Gasteiger partial charge in [0.15, 0.2) is 0 Å². The normalized spacial score (nSPS) is 11.0. The number of ether oxygens (including phenoxy) is 2. The molecule has 0 aliphatic rings. The van der Waals surface area contributed by atoms with Crippen molar-refractivity contribution in [2.75, 3.05) is 31.8 Å². The van der Waals surface area contributed by atoms with Crippen LogP contribution in [0, 0.1) is 0 Å².